The van der Waals surface area contributed by atoms with E-state index in [1.165, 1.54) is 24.3 Å². The number of likely N-dealkylation sites (tertiary alicyclic amines) is 1. The number of carbonyl (C=O) groups excluding carboxylic acids is 2. The molecule has 2 aromatic heterocycles. The summed E-state index contributed by atoms with van der Waals surface area (Å²) < 4.78 is 6.21. The third-order valence-corrected chi connectivity index (χ3v) is 5.15. The zero-order chi connectivity index (χ0) is 16.7. The van der Waals surface area contributed by atoms with Gasteiger partial charge in [-0.1, -0.05) is 0 Å². The number of hydrogen-bond donors (Lipinski definition) is 1. The lowest BCUT2D eigenvalue weighted by atomic mass is 9.90. The van der Waals surface area contributed by atoms with E-state index in [9.17, 15) is 9.59 Å². The van der Waals surface area contributed by atoms with E-state index in [1.54, 1.807) is 4.90 Å². The van der Waals surface area contributed by atoms with Crippen molar-refractivity contribution in [2.45, 2.75) is 19.3 Å². The largest absolute Gasteiger partial charge is 0.469 e. The van der Waals surface area contributed by atoms with Crippen LogP contribution in [0.1, 0.15) is 29.6 Å². The normalized spacial score (nSPS) is 21.7. The van der Waals surface area contributed by atoms with Gasteiger partial charge < -0.3 is 9.64 Å². The number of tetrazole rings is 1. The third-order valence-electron chi connectivity index (χ3n) is 5.15. The molecule has 1 amide bonds. The highest BCUT2D eigenvalue weighted by atomic mass is 16.5. The molecule has 1 N–H and O–H groups in total. The van der Waals surface area contributed by atoms with Gasteiger partial charge in [-0.2, -0.15) is 9.78 Å². The van der Waals surface area contributed by atoms with E-state index in [0.29, 0.717) is 24.5 Å². The minimum atomic E-state index is -0.134. The molecule has 1 unspecified atom stereocenters. The molecular weight excluding hydrogens is 314 g/mol. The van der Waals surface area contributed by atoms with E-state index in [1.807, 2.05) is 0 Å². The van der Waals surface area contributed by atoms with Crippen molar-refractivity contribution < 1.29 is 14.3 Å². The maximum atomic E-state index is 12.8. The Bertz CT molecular complexity index is 761. The van der Waals surface area contributed by atoms with Crippen LogP contribution in [0.5, 0.6) is 0 Å². The molecule has 1 aliphatic carbocycles. The van der Waals surface area contributed by atoms with Crippen LogP contribution in [0.3, 0.4) is 0 Å². The van der Waals surface area contributed by atoms with Gasteiger partial charge >= 0.3 is 5.97 Å². The zero-order valence-electron chi connectivity index (χ0n) is 13.2. The van der Waals surface area contributed by atoms with Crippen LogP contribution in [-0.4, -0.2) is 67.4 Å². The molecule has 0 radical (unpaired) electrons. The van der Waals surface area contributed by atoms with Gasteiger partial charge in [-0.25, -0.2) is 0 Å². The highest BCUT2D eigenvalue weighted by Crippen LogP contribution is 2.59. The van der Waals surface area contributed by atoms with Crippen LogP contribution in [0.25, 0.3) is 5.82 Å². The van der Waals surface area contributed by atoms with Gasteiger partial charge in [0.2, 0.25) is 0 Å². The van der Waals surface area contributed by atoms with Crippen LogP contribution >= 0.6 is 0 Å². The number of aromatic amines is 1. The van der Waals surface area contributed by atoms with Gasteiger partial charge in [0.15, 0.2) is 5.82 Å². The molecule has 0 aromatic carbocycles. The van der Waals surface area contributed by atoms with E-state index in [2.05, 4.69) is 25.7 Å². The van der Waals surface area contributed by atoms with E-state index < -0.39 is 0 Å². The maximum absolute atomic E-state index is 12.8. The van der Waals surface area contributed by atoms with Crippen molar-refractivity contribution in [1.29, 1.82) is 0 Å². The SMILES string of the molecule is COC(=O)C1CC12CCN(C(=O)c1cn[nH]c1-n1cnnn1)CC2. The summed E-state index contributed by atoms with van der Waals surface area (Å²) in [5.74, 6) is 0.194. The van der Waals surface area contributed by atoms with Crippen molar-refractivity contribution in [1.82, 2.24) is 35.3 Å². The van der Waals surface area contributed by atoms with Crippen LogP contribution in [-0.2, 0) is 9.53 Å². The second kappa shape index (κ2) is 5.39. The van der Waals surface area contributed by atoms with Gasteiger partial charge in [-0.05, 0) is 35.1 Å². The predicted molar refractivity (Wildman–Crippen MR) is 79.0 cm³/mol. The molecule has 2 aliphatic rings. The van der Waals surface area contributed by atoms with Crippen LogP contribution in [0.4, 0.5) is 0 Å². The molecule has 2 aromatic rings. The summed E-state index contributed by atoms with van der Waals surface area (Å²) in [6.45, 7) is 1.24. The second-order valence-electron chi connectivity index (χ2n) is 6.32. The Labute approximate surface area is 137 Å². The summed E-state index contributed by atoms with van der Waals surface area (Å²) in [5, 5.41) is 17.6. The number of ether oxygens (including phenoxy) is 1. The summed E-state index contributed by atoms with van der Waals surface area (Å²) in [6.07, 6.45) is 5.38. The van der Waals surface area contributed by atoms with Gasteiger partial charge in [0.25, 0.3) is 5.91 Å². The van der Waals surface area contributed by atoms with Crippen molar-refractivity contribution in [3.63, 3.8) is 0 Å². The van der Waals surface area contributed by atoms with Gasteiger partial charge in [-0.3, -0.25) is 14.7 Å². The molecule has 10 heteroatoms. The number of carbonyl (C=O) groups is 2. The first-order valence-corrected chi connectivity index (χ1v) is 7.78. The highest BCUT2D eigenvalue weighted by Gasteiger charge is 2.59. The molecule has 1 spiro atoms. The van der Waals surface area contributed by atoms with Gasteiger partial charge in [0.05, 0.1) is 19.2 Å². The number of nitrogens with one attached hydrogen (secondary N) is 1. The maximum Gasteiger partial charge on any atom is 0.309 e. The molecular formula is C14H17N7O3. The van der Waals surface area contributed by atoms with Crippen molar-refractivity contribution >= 4 is 11.9 Å². The van der Waals surface area contributed by atoms with Crippen LogP contribution < -0.4 is 0 Å². The summed E-state index contributed by atoms with van der Waals surface area (Å²) in [6, 6.07) is 0. The average molecular weight is 331 g/mol. The predicted octanol–water partition coefficient (Wildman–Crippen LogP) is -0.199. The fourth-order valence-electron chi connectivity index (χ4n) is 3.58. The van der Waals surface area contributed by atoms with Crippen LogP contribution in [0, 0.1) is 11.3 Å². The Balaban J connectivity index is 1.45. The van der Waals surface area contributed by atoms with E-state index >= 15 is 0 Å². The number of H-pyrrole nitrogens is 1. The fraction of sp³-hybridized carbons (Fsp3) is 0.571. The van der Waals surface area contributed by atoms with Crippen molar-refractivity contribution in [3.8, 4) is 5.82 Å². The lowest BCUT2D eigenvalue weighted by Crippen LogP contribution is -2.40. The molecule has 1 atom stereocenters. The summed E-state index contributed by atoms with van der Waals surface area (Å²) in [4.78, 5) is 26.2. The Hall–Kier alpha value is -2.78. The van der Waals surface area contributed by atoms with Crippen LogP contribution in [0.2, 0.25) is 0 Å². The molecule has 24 heavy (non-hydrogen) atoms. The molecule has 3 heterocycles. The lowest BCUT2D eigenvalue weighted by molar-refractivity contribution is -0.143. The highest BCUT2D eigenvalue weighted by molar-refractivity contribution is 5.97. The topological polar surface area (TPSA) is 119 Å². The van der Waals surface area contributed by atoms with Crippen molar-refractivity contribution in [2.24, 2.45) is 11.3 Å². The molecule has 126 valence electrons. The number of rotatable bonds is 3. The average Bonchev–Trinajstić information content (AvgIpc) is 3.04. The van der Waals surface area contributed by atoms with Crippen molar-refractivity contribution in [3.05, 3.63) is 18.1 Å². The number of piperidine rings is 1. The second-order valence-corrected chi connectivity index (χ2v) is 6.32. The minimum Gasteiger partial charge on any atom is -0.469 e. The molecule has 1 aliphatic heterocycles. The number of esters is 1. The van der Waals surface area contributed by atoms with Gasteiger partial charge in [-0.15, -0.1) is 5.10 Å². The number of nitrogens with zero attached hydrogens (tertiary/aromatic N) is 6. The van der Waals surface area contributed by atoms with Crippen LogP contribution in [0.15, 0.2) is 12.5 Å². The van der Waals surface area contributed by atoms with E-state index in [0.717, 1.165) is 19.3 Å². The molecule has 0 bridgehead atoms. The first kappa shape index (κ1) is 14.8. The molecule has 4 rings (SSSR count). The Morgan fingerprint density at radius 1 is 1.38 bits per heavy atom. The van der Waals surface area contributed by atoms with Gasteiger partial charge in [0.1, 0.15) is 11.9 Å². The summed E-state index contributed by atoms with van der Waals surface area (Å²) >= 11 is 0. The Morgan fingerprint density at radius 2 is 2.17 bits per heavy atom. The lowest BCUT2D eigenvalue weighted by Gasteiger charge is -2.32. The standard InChI is InChI=1S/C14H17N7O3/c1-24-13(23)10-6-14(10)2-4-20(5-3-14)12(22)9-7-15-17-11(9)21-8-16-18-19-21/h7-8,10H,2-6H2,1H3,(H,15,17). The van der Waals surface area contributed by atoms with E-state index in [-0.39, 0.29) is 23.2 Å². The number of amides is 1. The zero-order valence-corrected chi connectivity index (χ0v) is 13.2. The first-order valence-electron chi connectivity index (χ1n) is 7.78. The summed E-state index contributed by atoms with van der Waals surface area (Å²) in [5.41, 5.74) is 0.456. The monoisotopic (exact) mass is 331 g/mol. The first-order chi connectivity index (χ1) is 11.6. The Kier molecular flexibility index (Phi) is 3.32. The summed E-state index contributed by atoms with van der Waals surface area (Å²) in [7, 11) is 1.42. The molecule has 2 fully saturated rings. The Morgan fingerprint density at radius 3 is 2.83 bits per heavy atom. The molecule has 1 saturated carbocycles. The number of aromatic nitrogens is 6. The third kappa shape index (κ3) is 2.25. The minimum absolute atomic E-state index is 0.00883. The van der Waals surface area contributed by atoms with Crippen molar-refractivity contribution in [2.75, 3.05) is 20.2 Å². The van der Waals surface area contributed by atoms with Gasteiger partial charge in [0, 0.05) is 13.1 Å². The molecule has 1 saturated heterocycles. The number of methoxy groups -OCH3 is 1. The fourth-order valence-corrected chi connectivity index (χ4v) is 3.58. The van der Waals surface area contributed by atoms with E-state index in [4.69, 9.17) is 4.74 Å². The smallest absolute Gasteiger partial charge is 0.309 e. The quantitative estimate of drug-likeness (QED) is 0.774. The molecule has 10 nitrogen and oxygen atoms in total. The number of hydrogen-bond acceptors (Lipinski definition) is 7.